The van der Waals surface area contributed by atoms with Crippen molar-refractivity contribution in [3.05, 3.63) is 66.0 Å². The molecule has 1 aliphatic rings. The minimum atomic E-state index is -0.147. The van der Waals surface area contributed by atoms with Crippen LogP contribution in [0.5, 0.6) is 0 Å². The van der Waals surface area contributed by atoms with Crippen LogP contribution in [0.25, 0.3) is 22.3 Å². The average molecular weight is 403 g/mol. The molecule has 0 spiro atoms. The highest BCUT2D eigenvalue weighted by Crippen LogP contribution is 2.21. The van der Waals surface area contributed by atoms with Gasteiger partial charge in [-0.1, -0.05) is 35.5 Å². The van der Waals surface area contributed by atoms with Crippen LogP contribution in [-0.4, -0.2) is 40.5 Å². The van der Waals surface area contributed by atoms with E-state index in [1.54, 1.807) is 25.2 Å². The molecular weight excluding hydrogens is 382 g/mol. The molecule has 0 bridgehead atoms. The molecule has 1 aliphatic heterocycles. The van der Waals surface area contributed by atoms with Crippen LogP contribution in [-0.2, 0) is 6.54 Å². The van der Waals surface area contributed by atoms with Gasteiger partial charge in [0.1, 0.15) is 12.0 Å². The first-order valence-corrected chi connectivity index (χ1v) is 9.63. The summed E-state index contributed by atoms with van der Waals surface area (Å²) in [7, 11) is 1.80. The molecule has 152 valence electrons. The van der Waals surface area contributed by atoms with Gasteiger partial charge >= 0.3 is 0 Å². The lowest BCUT2D eigenvalue weighted by molar-refractivity contribution is 0.0946. The van der Waals surface area contributed by atoms with Gasteiger partial charge in [0.15, 0.2) is 5.82 Å². The van der Waals surface area contributed by atoms with Gasteiger partial charge in [0, 0.05) is 37.3 Å². The Morgan fingerprint density at radius 2 is 2.00 bits per heavy atom. The molecule has 3 heterocycles. The first-order chi connectivity index (χ1) is 14.7. The predicted molar refractivity (Wildman–Crippen MR) is 114 cm³/mol. The summed E-state index contributed by atoms with van der Waals surface area (Å²) in [6.45, 7) is 1.41. The molecular formula is C22H21N5O3. The molecule has 1 amide bonds. The fourth-order valence-corrected chi connectivity index (χ4v) is 3.27. The zero-order valence-electron chi connectivity index (χ0n) is 16.5. The van der Waals surface area contributed by atoms with Gasteiger partial charge in [-0.05, 0) is 24.6 Å². The van der Waals surface area contributed by atoms with E-state index in [-0.39, 0.29) is 5.91 Å². The number of anilines is 1. The Labute approximate surface area is 172 Å². The van der Waals surface area contributed by atoms with Crippen LogP contribution >= 0.6 is 0 Å². The van der Waals surface area contributed by atoms with E-state index in [0.717, 1.165) is 41.5 Å². The van der Waals surface area contributed by atoms with Crippen molar-refractivity contribution in [3.63, 3.8) is 0 Å². The normalized spacial score (nSPS) is 12.9. The number of hydrogen-bond donors (Lipinski definition) is 2. The highest BCUT2D eigenvalue weighted by molar-refractivity contribution is 5.96. The second kappa shape index (κ2) is 8.60. The number of rotatable bonds is 3. The molecule has 2 N–H and O–H groups in total. The smallest absolute Gasteiger partial charge is 0.287 e. The average Bonchev–Trinajstić information content (AvgIpc) is 3.38. The second-order valence-corrected chi connectivity index (χ2v) is 6.75. The van der Waals surface area contributed by atoms with Crippen LogP contribution in [0.4, 0.5) is 5.88 Å². The van der Waals surface area contributed by atoms with Crippen molar-refractivity contribution in [1.82, 2.24) is 20.0 Å². The third-order valence-electron chi connectivity index (χ3n) is 4.78. The minimum Gasteiger partial charge on any atom is -0.357 e. The number of aldehydes is 1. The second-order valence-electron chi connectivity index (χ2n) is 6.75. The van der Waals surface area contributed by atoms with Crippen molar-refractivity contribution in [2.75, 3.05) is 18.9 Å². The van der Waals surface area contributed by atoms with Crippen LogP contribution < -0.4 is 10.6 Å². The molecule has 0 aliphatic carbocycles. The maximum Gasteiger partial charge on any atom is 0.287 e. The third-order valence-corrected chi connectivity index (χ3v) is 4.78. The molecule has 2 aromatic heterocycles. The summed E-state index contributed by atoms with van der Waals surface area (Å²) in [5.41, 5.74) is 4.12. The van der Waals surface area contributed by atoms with E-state index in [9.17, 15) is 9.59 Å². The van der Waals surface area contributed by atoms with Gasteiger partial charge in [-0.15, -0.1) is 0 Å². The van der Waals surface area contributed by atoms with Gasteiger partial charge in [0.2, 0.25) is 5.88 Å². The summed E-state index contributed by atoms with van der Waals surface area (Å²) in [5, 5.41) is 9.61. The number of nitrogens with one attached hydrogen (secondary N) is 2. The lowest BCUT2D eigenvalue weighted by atomic mass is 10.2. The summed E-state index contributed by atoms with van der Waals surface area (Å²) in [6.07, 6.45) is 1.67. The Morgan fingerprint density at radius 3 is 2.73 bits per heavy atom. The van der Waals surface area contributed by atoms with Crippen molar-refractivity contribution in [2.45, 2.75) is 13.0 Å². The number of amides is 1. The van der Waals surface area contributed by atoms with Gasteiger partial charge in [-0.3, -0.25) is 9.59 Å². The van der Waals surface area contributed by atoms with Crippen molar-refractivity contribution >= 4 is 29.1 Å². The topological polar surface area (TPSA) is 102 Å². The predicted octanol–water partition coefficient (Wildman–Crippen LogP) is 3.37. The Balaban J connectivity index is 0.000000151. The van der Waals surface area contributed by atoms with E-state index in [1.807, 2.05) is 41.0 Å². The van der Waals surface area contributed by atoms with Gasteiger partial charge in [0.25, 0.3) is 5.91 Å². The standard InChI is InChI=1S/C12H11N3O2.C10H10N2O/c16-7-8-2-3-9-10(6-8)15-5-1-4-13-12(17)11(15)14-9;1-11-10-7-9(12-13-10)8-5-3-2-4-6-8/h2-3,6-7H,1,4-5H2,(H,13,17);2-7,11H,1H3. The third kappa shape index (κ3) is 3.93. The Bertz CT molecular complexity index is 1180. The van der Waals surface area contributed by atoms with Gasteiger partial charge in [-0.25, -0.2) is 4.98 Å². The lowest BCUT2D eigenvalue weighted by Gasteiger charge is -2.02. The van der Waals surface area contributed by atoms with Crippen molar-refractivity contribution in [2.24, 2.45) is 0 Å². The van der Waals surface area contributed by atoms with E-state index in [1.165, 1.54) is 0 Å². The fourth-order valence-electron chi connectivity index (χ4n) is 3.27. The van der Waals surface area contributed by atoms with Gasteiger partial charge in [-0.2, -0.15) is 0 Å². The molecule has 8 heteroatoms. The van der Waals surface area contributed by atoms with Gasteiger partial charge < -0.3 is 19.7 Å². The highest BCUT2D eigenvalue weighted by atomic mass is 16.5. The minimum absolute atomic E-state index is 0.147. The molecule has 5 rings (SSSR count). The monoisotopic (exact) mass is 403 g/mol. The molecule has 2 aromatic carbocycles. The summed E-state index contributed by atoms with van der Waals surface area (Å²) in [6, 6.07) is 17.0. The number of carbonyl (C=O) groups is 2. The molecule has 0 atom stereocenters. The Kier molecular flexibility index (Phi) is 5.56. The molecule has 0 saturated carbocycles. The Hall–Kier alpha value is -3.94. The number of carbonyl (C=O) groups excluding carboxylic acids is 2. The lowest BCUT2D eigenvalue weighted by Crippen LogP contribution is -2.23. The maximum atomic E-state index is 11.8. The first kappa shape index (κ1) is 19.4. The van der Waals surface area contributed by atoms with E-state index >= 15 is 0 Å². The van der Waals surface area contributed by atoms with Crippen molar-refractivity contribution in [1.29, 1.82) is 0 Å². The fraction of sp³-hybridized carbons (Fsp3) is 0.182. The SMILES string of the molecule is CNc1cc(-c2ccccc2)no1.O=Cc1ccc2nc3n(c2c1)CCCNC3=O. The maximum absolute atomic E-state index is 11.8. The summed E-state index contributed by atoms with van der Waals surface area (Å²) in [5.74, 6) is 0.964. The molecule has 0 unspecified atom stereocenters. The quantitative estimate of drug-likeness (QED) is 0.509. The largest absolute Gasteiger partial charge is 0.357 e. The zero-order valence-corrected chi connectivity index (χ0v) is 16.5. The molecule has 0 fully saturated rings. The number of hydrogen-bond acceptors (Lipinski definition) is 6. The zero-order chi connectivity index (χ0) is 20.9. The summed E-state index contributed by atoms with van der Waals surface area (Å²) < 4.78 is 6.89. The molecule has 30 heavy (non-hydrogen) atoms. The van der Waals surface area contributed by atoms with Crippen molar-refractivity contribution < 1.29 is 14.1 Å². The first-order valence-electron chi connectivity index (χ1n) is 9.63. The number of imidazole rings is 1. The van der Waals surface area contributed by atoms with Crippen molar-refractivity contribution in [3.8, 4) is 11.3 Å². The molecule has 0 saturated heterocycles. The summed E-state index contributed by atoms with van der Waals surface area (Å²) in [4.78, 5) is 26.8. The molecule has 4 aromatic rings. The number of benzene rings is 2. The van der Waals surface area contributed by atoms with E-state index in [0.29, 0.717) is 23.8 Å². The number of aryl methyl sites for hydroxylation is 1. The van der Waals surface area contributed by atoms with E-state index in [2.05, 4.69) is 20.8 Å². The van der Waals surface area contributed by atoms with E-state index in [4.69, 9.17) is 4.52 Å². The van der Waals surface area contributed by atoms with Crippen LogP contribution in [0.2, 0.25) is 0 Å². The number of nitrogens with zero attached hydrogens (tertiary/aromatic N) is 3. The van der Waals surface area contributed by atoms with Crippen LogP contribution in [0.15, 0.2) is 59.1 Å². The molecule has 8 nitrogen and oxygen atoms in total. The van der Waals surface area contributed by atoms with Crippen LogP contribution in [0.3, 0.4) is 0 Å². The van der Waals surface area contributed by atoms with Crippen LogP contribution in [0.1, 0.15) is 27.4 Å². The highest BCUT2D eigenvalue weighted by Gasteiger charge is 2.19. The van der Waals surface area contributed by atoms with E-state index < -0.39 is 0 Å². The number of aromatic nitrogens is 3. The van der Waals surface area contributed by atoms with Gasteiger partial charge in [0.05, 0.1) is 11.0 Å². The summed E-state index contributed by atoms with van der Waals surface area (Å²) >= 11 is 0. The molecule has 0 radical (unpaired) electrons. The number of fused-ring (bicyclic) bond motifs is 3. The Morgan fingerprint density at radius 1 is 1.17 bits per heavy atom. The van der Waals surface area contributed by atoms with Crippen LogP contribution in [0, 0.1) is 0 Å².